The van der Waals surface area contributed by atoms with Crippen molar-refractivity contribution >= 4 is 11.7 Å². The minimum absolute atomic E-state index is 0.0372. The number of carboxylic acid groups (broad SMARTS) is 1. The van der Waals surface area contributed by atoms with Gasteiger partial charge in [-0.25, -0.2) is 0 Å². The molecule has 0 fully saturated rings. The van der Waals surface area contributed by atoms with Gasteiger partial charge in [-0.2, -0.15) is 0 Å². The summed E-state index contributed by atoms with van der Waals surface area (Å²) in [6.07, 6.45) is 3.55. The molecule has 0 aromatic carbocycles. The molecule has 0 aliphatic heterocycles. The third-order valence-corrected chi connectivity index (χ3v) is 1.96. The Morgan fingerprint density at radius 1 is 1.64 bits per heavy atom. The first-order chi connectivity index (χ1) is 6.61. The van der Waals surface area contributed by atoms with Crippen LogP contribution in [-0.4, -0.2) is 16.1 Å². The maximum absolute atomic E-state index is 10.3. The van der Waals surface area contributed by atoms with Gasteiger partial charge in [-0.05, 0) is 12.5 Å². The molecule has 1 aromatic heterocycles. The molecule has 76 valence electrons. The highest BCUT2D eigenvalue weighted by Gasteiger charge is 2.10. The number of anilines is 1. The van der Waals surface area contributed by atoms with E-state index in [4.69, 9.17) is 16.6 Å². The molecule has 0 saturated carbocycles. The maximum Gasteiger partial charge on any atom is 0.303 e. The van der Waals surface area contributed by atoms with Crippen molar-refractivity contribution in [3.8, 4) is 0 Å². The monoisotopic (exact) mass is 195 g/mol. The number of aliphatic carboxylic acids is 1. The molecule has 0 bridgehead atoms. The summed E-state index contributed by atoms with van der Waals surface area (Å²) >= 11 is 0. The van der Waals surface area contributed by atoms with Gasteiger partial charge in [0.25, 0.3) is 0 Å². The lowest BCUT2D eigenvalue weighted by Crippen LogP contribution is -2.14. The molecule has 14 heavy (non-hydrogen) atoms. The number of rotatable bonds is 4. The summed E-state index contributed by atoms with van der Waals surface area (Å²) < 4.78 is 0. The van der Waals surface area contributed by atoms with E-state index in [1.54, 1.807) is 18.5 Å². The van der Waals surface area contributed by atoms with Crippen molar-refractivity contribution in [1.82, 2.24) is 4.98 Å². The van der Waals surface area contributed by atoms with E-state index in [9.17, 15) is 4.79 Å². The number of carbonyl (C=O) groups is 1. The Labute approximate surface area is 81.7 Å². The van der Waals surface area contributed by atoms with E-state index in [-0.39, 0.29) is 12.5 Å². The molecule has 1 rings (SSSR count). The average Bonchev–Trinajstić information content (AvgIpc) is 2.15. The molecule has 5 heteroatoms. The predicted octanol–water partition coefficient (Wildman–Crippen LogP) is 0.528. The van der Waals surface area contributed by atoms with Gasteiger partial charge in [0.15, 0.2) is 0 Å². The second-order valence-electron chi connectivity index (χ2n) is 3.04. The number of nitrogen functional groups attached to an aromatic ring is 1. The molecule has 5 N–H and O–H groups in total. The molecule has 0 saturated heterocycles. The van der Waals surface area contributed by atoms with E-state index in [0.29, 0.717) is 17.7 Å². The fraction of sp³-hybridized carbons (Fsp3) is 0.333. The minimum Gasteiger partial charge on any atom is -0.481 e. The number of nitrogens with zero attached hydrogens (tertiary/aromatic N) is 1. The summed E-state index contributed by atoms with van der Waals surface area (Å²) in [6.45, 7) is 0. The normalized spacial score (nSPS) is 12.4. The first-order valence-corrected chi connectivity index (χ1v) is 4.28. The number of carboxylic acids is 1. The third kappa shape index (κ3) is 2.70. The number of hydrogen-bond donors (Lipinski definition) is 3. The molecule has 0 aliphatic rings. The Hall–Kier alpha value is -1.62. The van der Waals surface area contributed by atoms with E-state index in [1.165, 1.54) is 0 Å². The summed E-state index contributed by atoms with van der Waals surface area (Å²) in [5, 5.41) is 8.48. The fourth-order valence-electron chi connectivity index (χ4n) is 1.16. The summed E-state index contributed by atoms with van der Waals surface area (Å²) in [7, 11) is 0. The van der Waals surface area contributed by atoms with Crippen LogP contribution < -0.4 is 11.5 Å². The van der Waals surface area contributed by atoms with Gasteiger partial charge in [0.05, 0.1) is 0 Å². The van der Waals surface area contributed by atoms with Crippen LogP contribution in [0.1, 0.15) is 24.4 Å². The zero-order valence-electron chi connectivity index (χ0n) is 7.68. The van der Waals surface area contributed by atoms with Crippen molar-refractivity contribution in [2.75, 3.05) is 5.73 Å². The van der Waals surface area contributed by atoms with Gasteiger partial charge in [-0.3, -0.25) is 9.78 Å². The highest BCUT2D eigenvalue weighted by atomic mass is 16.4. The number of pyridine rings is 1. The summed E-state index contributed by atoms with van der Waals surface area (Å²) in [5.74, 6) is -0.858. The molecule has 0 amide bonds. The second-order valence-corrected chi connectivity index (χ2v) is 3.04. The average molecular weight is 195 g/mol. The summed E-state index contributed by atoms with van der Waals surface area (Å²) in [6, 6.07) is 1.29. The van der Waals surface area contributed by atoms with Gasteiger partial charge in [0.2, 0.25) is 0 Å². The molecule has 0 radical (unpaired) electrons. The van der Waals surface area contributed by atoms with Gasteiger partial charge in [0, 0.05) is 36.1 Å². The highest BCUT2D eigenvalue weighted by Crippen LogP contribution is 2.20. The molecule has 1 aromatic rings. The van der Waals surface area contributed by atoms with E-state index in [0.717, 1.165) is 0 Å². The molecule has 0 aliphatic carbocycles. The Kier molecular flexibility index (Phi) is 3.41. The van der Waals surface area contributed by atoms with Crippen LogP contribution >= 0.6 is 0 Å². The van der Waals surface area contributed by atoms with Crippen molar-refractivity contribution in [3.63, 3.8) is 0 Å². The smallest absolute Gasteiger partial charge is 0.303 e. The van der Waals surface area contributed by atoms with Crippen LogP contribution in [0.25, 0.3) is 0 Å². The van der Waals surface area contributed by atoms with Crippen LogP contribution in [0.4, 0.5) is 5.69 Å². The molecule has 1 unspecified atom stereocenters. The van der Waals surface area contributed by atoms with Crippen LogP contribution in [-0.2, 0) is 4.79 Å². The van der Waals surface area contributed by atoms with E-state index in [2.05, 4.69) is 4.98 Å². The molecular formula is C9H13N3O2. The Morgan fingerprint density at radius 2 is 2.36 bits per heavy atom. The van der Waals surface area contributed by atoms with E-state index >= 15 is 0 Å². The van der Waals surface area contributed by atoms with Gasteiger partial charge in [-0.15, -0.1) is 0 Å². The topological polar surface area (TPSA) is 102 Å². The molecular weight excluding hydrogens is 182 g/mol. The maximum atomic E-state index is 10.3. The third-order valence-electron chi connectivity index (χ3n) is 1.96. The summed E-state index contributed by atoms with van der Waals surface area (Å²) in [5.41, 5.74) is 12.7. The number of aromatic nitrogens is 1. The standard InChI is InChI=1S/C9H13N3O2/c10-7(1-2-9(13)14)6-5-12-4-3-8(6)11/h3-5,7H,1-2,10H2,(H2,11,12)(H,13,14). The van der Waals surface area contributed by atoms with Gasteiger partial charge >= 0.3 is 5.97 Å². The van der Waals surface area contributed by atoms with Crippen molar-refractivity contribution < 1.29 is 9.90 Å². The van der Waals surface area contributed by atoms with Crippen molar-refractivity contribution in [3.05, 3.63) is 24.0 Å². The van der Waals surface area contributed by atoms with Gasteiger partial charge < -0.3 is 16.6 Å². The highest BCUT2D eigenvalue weighted by molar-refractivity contribution is 5.66. The summed E-state index contributed by atoms with van der Waals surface area (Å²) in [4.78, 5) is 14.2. The predicted molar refractivity (Wildman–Crippen MR) is 52.4 cm³/mol. The Bertz CT molecular complexity index is 328. The van der Waals surface area contributed by atoms with Crippen molar-refractivity contribution in [1.29, 1.82) is 0 Å². The van der Waals surface area contributed by atoms with Crippen LogP contribution in [0.2, 0.25) is 0 Å². The second kappa shape index (κ2) is 4.57. The molecule has 0 spiro atoms. The Balaban J connectivity index is 2.65. The lowest BCUT2D eigenvalue weighted by molar-refractivity contribution is -0.137. The first-order valence-electron chi connectivity index (χ1n) is 4.28. The van der Waals surface area contributed by atoms with Crippen LogP contribution in [0, 0.1) is 0 Å². The van der Waals surface area contributed by atoms with Gasteiger partial charge in [0.1, 0.15) is 0 Å². The molecule has 1 atom stereocenters. The fourth-order valence-corrected chi connectivity index (χ4v) is 1.16. The lowest BCUT2D eigenvalue weighted by Gasteiger charge is -2.12. The SMILES string of the molecule is Nc1ccncc1C(N)CCC(=O)O. The van der Waals surface area contributed by atoms with Gasteiger partial charge in [-0.1, -0.05) is 0 Å². The van der Waals surface area contributed by atoms with Crippen LogP contribution in [0.3, 0.4) is 0 Å². The zero-order valence-corrected chi connectivity index (χ0v) is 7.68. The molecule has 5 nitrogen and oxygen atoms in total. The van der Waals surface area contributed by atoms with E-state index < -0.39 is 5.97 Å². The number of nitrogens with two attached hydrogens (primary N) is 2. The molecule has 1 heterocycles. The Morgan fingerprint density at radius 3 is 2.93 bits per heavy atom. The number of hydrogen-bond acceptors (Lipinski definition) is 4. The van der Waals surface area contributed by atoms with Crippen LogP contribution in [0.15, 0.2) is 18.5 Å². The van der Waals surface area contributed by atoms with E-state index in [1.807, 2.05) is 0 Å². The largest absolute Gasteiger partial charge is 0.481 e. The van der Waals surface area contributed by atoms with Crippen molar-refractivity contribution in [2.45, 2.75) is 18.9 Å². The minimum atomic E-state index is -0.858. The van der Waals surface area contributed by atoms with Crippen molar-refractivity contribution in [2.24, 2.45) is 5.73 Å². The quantitative estimate of drug-likeness (QED) is 0.650. The first kappa shape index (κ1) is 10.5. The lowest BCUT2D eigenvalue weighted by atomic mass is 10.0. The zero-order chi connectivity index (χ0) is 10.6. The van der Waals surface area contributed by atoms with Crippen LogP contribution in [0.5, 0.6) is 0 Å².